The normalized spacial score (nSPS) is 10.0. The van der Waals surface area contributed by atoms with E-state index < -0.39 is 5.97 Å². The van der Waals surface area contributed by atoms with Crippen molar-refractivity contribution in [3.8, 4) is 5.75 Å². The predicted molar refractivity (Wildman–Crippen MR) is 89.0 cm³/mol. The van der Waals surface area contributed by atoms with Crippen LogP contribution in [0.3, 0.4) is 0 Å². The summed E-state index contributed by atoms with van der Waals surface area (Å²) in [4.78, 5) is 23.9. The van der Waals surface area contributed by atoms with E-state index in [1.807, 2.05) is 0 Å². The highest BCUT2D eigenvalue weighted by Crippen LogP contribution is 2.23. The fourth-order valence-electron chi connectivity index (χ4n) is 1.65. The van der Waals surface area contributed by atoms with Crippen LogP contribution in [0, 0.1) is 3.57 Å². The average molecular weight is 416 g/mol. The molecule has 4 nitrogen and oxygen atoms in total. The van der Waals surface area contributed by atoms with Gasteiger partial charge in [0.15, 0.2) is 0 Å². The number of carbonyl (C=O) groups excluding carboxylic acids is 2. The minimum atomic E-state index is -0.543. The second-order valence-electron chi connectivity index (χ2n) is 4.12. The number of carbonyl (C=O) groups is 2. The van der Waals surface area contributed by atoms with Gasteiger partial charge in [0.2, 0.25) is 0 Å². The molecule has 21 heavy (non-hydrogen) atoms. The lowest BCUT2D eigenvalue weighted by atomic mass is 10.2. The maximum absolute atomic E-state index is 12.1. The summed E-state index contributed by atoms with van der Waals surface area (Å²) >= 11 is 7.86. The molecule has 2 aromatic carbocycles. The van der Waals surface area contributed by atoms with Crippen molar-refractivity contribution in [3.63, 3.8) is 0 Å². The molecule has 0 saturated carbocycles. The van der Waals surface area contributed by atoms with Crippen molar-refractivity contribution in [2.75, 3.05) is 7.05 Å². The summed E-state index contributed by atoms with van der Waals surface area (Å²) in [7, 11) is 1.52. The van der Waals surface area contributed by atoms with Crippen LogP contribution in [-0.2, 0) is 0 Å². The third-order valence-corrected chi connectivity index (χ3v) is 3.62. The third kappa shape index (κ3) is 3.95. The Morgan fingerprint density at radius 1 is 1.14 bits per heavy atom. The third-order valence-electron chi connectivity index (χ3n) is 2.70. The lowest BCUT2D eigenvalue weighted by molar-refractivity contribution is 0.0732. The summed E-state index contributed by atoms with van der Waals surface area (Å²) in [5.74, 6) is -0.634. The quantitative estimate of drug-likeness (QED) is 0.474. The second-order valence-corrected chi connectivity index (χ2v) is 5.80. The average Bonchev–Trinajstić information content (AvgIpc) is 2.47. The van der Waals surface area contributed by atoms with Crippen molar-refractivity contribution < 1.29 is 14.3 Å². The molecule has 0 fully saturated rings. The van der Waals surface area contributed by atoms with Crippen molar-refractivity contribution in [1.82, 2.24) is 5.32 Å². The maximum Gasteiger partial charge on any atom is 0.343 e. The molecule has 0 radical (unpaired) electrons. The zero-order valence-electron chi connectivity index (χ0n) is 11.0. The first-order valence-electron chi connectivity index (χ1n) is 6.00. The molecule has 0 unspecified atom stereocenters. The minimum absolute atomic E-state index is 0.223. The topological polar surface area (TPSA) is 55.4 Å². The van der Waals surface area contributed by atoms with E-state index in [1.165, 1.54) is 7.05 Å². The first-order valence-corrected chi connectivity index (χ1v) is 7.46. The van der Waals surface area contributed by atoms with Crippen molar-refractivity contribution in [2.24, 2.45) is 0 Å². The monoisotopic (exact) mass is 415 g/mol. The molecule has 1 amide bonds. The highest BCUT2D eigenvalue weighted by atomic mass is 127. The van der Waals surface area contributed by atoms with Crippen LogP contribution in [0.4, 0.5) is 0 Å². The van der Waals surface area contributed by atoms with E-state index >= 15 is 0 Å². The van der Waals surface area contributed by atoms with Crippen molar-refractivity contribution in [3.05, 3.63) is 62.2 Å². The number of rotatable bonds is 3. The van der Waals surface area contributed by atoms with Crippen LogP contribution in [0.15, 0.2) is 42.5 Å². The summed E-state index contributed by atoms with van der Waals surface area (Å²) in [6.07, 6.45) is 0. The summed E-state index contributed by atoms with van der Waals surface area (Å²) in [5, 5.41) is 3.05. The molecule has 1 N–H and O–H groups in total. The predicted octanol–water partition coefficient (Wildman–Crippen LogP) is 3.52. The fourth-order valence-corrected chi connectivity index (χ4v) is 2.24. The van der Waals surface area contributed by atoms with Crippen LogP contribution < -0.4 is 10.1 Å². The Balaban J connectivity index is 2.30. The van der Waals surface area contributed by atoms with Gasteiger partial charge in [0.25, 0.3) is 5.91 Å². The molecule has 0 bridgehead atoms. The Hall–Kier alpha value is -1.60. The minimum Gasteiger partial charge on any atom is -0.422 e. The van der Waals surface area contributed by atoms with Gasteiger partial charge in [-0.05, 0) is 65.1 Å². The van der Waals surface area contributed by atoms with E-state index in [0.717, 1.165) is 3.57 Å². The number of benzene rings is 2. The number of amides is 1. The standard InChI is InChI=1S/C15H11ClINO3/c1-18-14(19)12-7-6-11(17)8-13(12)21-15(20)9-2-4-10(16)5-3-9/h2-8H,1H3,(H,18,19). The Morgan fingerprint density at radius 2 is 1.81 bits per heavy atom. The maximum atomic E-state index is 12.1. The highest BCUT2D eigenvalue weighted by Gasteiger charge is 2.16. The van der Waals surface area contributed by atoms with Gasteiger partial charge in [0.1, 0.15) is 5.75 Å². The van der Waals surface area contributed by atoms with E-state index in [0.29, 0.717) is 16.1 Å². The molecule has 0 saturated heterocycles. The summed E-state index contributed by atoms with van der Waals surface area (Å²) in [6.45, 7) is 0. The van der Waals surface area contributed by atoms with Gasteiger partial charge in [0, 0.05) is 15.6 Å². The van der Waals surface area contributed by atoms with Gasteiger partial charge in [-0.2, -0.15) is 0 Å². The Labute approximate surface area is 140 Å². The highest BCUT2D eigenvalue weighted by molar-refractivity contribution is 14.1. The first kappa shape index (κ1) is 15.8. The van der Waals surface area contributed by atoms with Gasteiger partial charge in [-0.1, -0.05) is 11.6 Å². The molecule has 2 rings (SSSR count). The number of nitrogens with one attached hydrogen (secondary N) is 1. The number of esters is 1. The molecule has 108 valence electrons. The van der Waals surface area contributed by atoms with Crippen LogP contribution in [0.1, 0.15) is 20.7 Å². The van der Waals surface area contributed by atoms with Crippen LogP contribution in [0.5, 0.6) is 5.75 Å². The molecule has 0 aliphatic carbocycles. The second kappa shape index (κ2) is 6.91. The van der Waals surface area contributed by atoms with Gasteiger partial charge in [0.05, 0.1) is 11.1 Å². The van der Waals surface area contributed by atoms with Crippen molar-refractivity contribution >= 4 is 46.1 Å². The molecule has 0 aromatic heterocycles. The summed E-state index contributed by atoms with van der Waals surface area (Å²) < 4.78 is 6.19. The van der Waals surface area contributed by atoms with E-state index in [2.05, 4.69) is 27.9 Å². The van der Waals surface area contributed by atoms with Crippen molar-refractivity contribution in [1.29, 1.82) is 0 Å². The van der Waals surface area contributed by atoms with Gasteiger partial charge < -0.3 is 10.1 Å². The SMILES string of the molecule is CNC(=O)c1ccc(I)cc1OC(=O)c1ccc(Cl)cc1. The molecule has 0 aliphatic rings. The zero-order valence-corrected chi connectivity index (χ0v) is 13.9. The number of ether oxygens (including phenoxy) is 1. The Morgan fingerprint density at radius 3 is 2.43 bits per heavy atom. The Kier molecular flexibility index (Phi) is 5.19. The van der Waals surface area contributed by atoms with Crippen LogP contribution in [0.25, 0.3) is 0 Å². The fraction of sp³-hybridized carbons (Fsp3) is 0.0667. The van der Waals surface area contributed by atoms with Gasteiger partial charge in [-0.25, -0.2) is 4.79 Å². The van der Waals surface area contributed by atoms with Crippen molar-refractivity contribution in [2.45, 2.75) is 0 Å². The van der Waals surface area contributed by atoms with Crippen LogP contribution >= 0.6 is 34.2 Å². The first-order chi connectivity index (χ1) is 10.0. The van der Waals surface area contributed by atoms with E-state index in [1.54, 1.807) is 42.5 Å². The number of hydrogen-bond acceptors (Lipinski definition) is 3. The molecule has 6 heteroatoms. The molecular weight excluding hydrogens is 405 g/mol. The van der Waals surface area contributed by atoms with E-state index in [-0.39, 0.29) is 11.7 Å². The zero-order chi connectivity index (χ0) is 15.4. The number of hydrogen-bond donors (Lipinski definition) is 1. The molecule has 2 aromatic rings. The van der Waals surface area contributed by atoms with Gasteiger partial charge in [-0.3, -0.25) is 4.79 Å². The van der Waals surface area contributed by atoms with E-state index in [9.17, 15) is 9.59 Å². The number of halogens is 2. The largest absolute Gasteiger partial charge is 0.422 e. The van der Waals surface area contributed by atoms with Gasteiger partial charge in [-0.15, -0.1) is 0 Å². The molecule has 0 heterocycles. The van der Waals surface area contributed by atoms with Gasteiger partial charge >= 0.3 is 5.97 Å². The van der Waals surface area contributed by atoms with Crippen LogP contribution in [0.2, 0.25) is 5.02 Å². The summed E-state index contributed by atoms with van der Waals surface area (Å²) in [5.41, 5.74) is 0.668. The molecular formula is C15H11ClINO3. The van der Waals surface area contributed by atoms with E-state index in [4.69, 9.17) is 16.3 Å². The molecule has 0 spiro atoms. The smallest absolute Gasteiger partial charge is 0.343 e. The van der Waals surface area contributed by atoms with Crippen LogP contribution in [-0.4, -0.2) is 18.9 Å². The Bertz CT molecular complexity index is 686. The molecule has 0 aliphatic heterocycles. The lowest BCUT2D eigenvalue weighted by Gasteiger charge is -2.10. The summed E-state index contributed by atoms with van der Waals surface area (Å²) in [6, 6.07) is 11.4. The lowest BCUT2D eigenvalue weighted by Crippen LogP contribution is -2.20. The molecule has 0 atom stereocenters.